The summed E-state index contributed by atoms with van der Waals surface area (Å²) in [6, 6.07) is 2.81. The average Bonchev–Trinajstić information content (AvgIpc) is 2.80. The summed E-state index contributed by atoms with van der Waals surface area (Å²) >= 11 is 0. The lowest BCUT2D eigenvalue weighted by Gasteiger charge is -2.34. The second-order valence-corrected chi connectivity index (χ2v) is 9.81. The van der Waals surface area contributed by atoms with Gasteiger partial charge >= 0.3 is 0 Å². The Morgan fingerprint density at radius 1 is 1.14 bits per heavy atom. The molecule has 0 amide bonds. The SMILES string of the molecule is CS(=O)(=O)N1C[C@H]2CC[C@@H](C1)N(S(=O)(=O)c1cccnc1)C2. The highest BCUT2D eigenvalue weighted by Gasteiger charge is 2.43. The molecule has 9 heteroatoms. The molecule has 4 heterocycles. The monoisotopic (exact) mass is 345 g/mol. The predicted octanol–water partition coefficient (Wildman–Crippen LogP) is 0.126. The van der Waals surface area contributed by atoms with Gasteiger partial charge in [0, 0.05) is 38.1 Å². The van der Waals surface area contributed by atoms with Crippen molar-refractivity contribution in [2.75, 3.05) is 25.9 Å². The molecule has 22 heavy (non-hydrogen) atoms. The van der Waals surface area contributed by atoms with Crippen molar-refractivity contribution in [1.82, 2.24) is 13.6 Å². The van der Waals surface area contributed by atoms with E-state index in [2.05, 4.69) is 4.98 Å². The maximum atomic E-state index is 12.8. The van der Waals surface area contributed by atoms with Crippen molar-refractivity contribution in [2.45, 2.75) is 23.8 Å². The lowest BCUT2D eigenvalue weighted by Crippen LogP contribution is -2.47. The third-order valence-electron chi connectivity index (χ3n) is 4.34. The molecule has 3 aliphatic heterocycles. The standard InChI is InChI=1S/C13H19N3O4S2/c1-21(17,18)15-8-11-4-5-12(10-15)16(9-11)22(19,20)13-3-2-6-14-7-13/h2-3,6-7,11-12H,4-5,8-10H2,1H3/t11-,12+/m1/s1. The van der Waals surface area contributed by atoms with Crippen molar-refractivity contribution < 1.29 is 16.8 Å². The number of piperidine rings is 1. The van der Waals surface area contributed by atoms with E-state index in [-0.39, 0.29) is 23.4 Å². The summed E-state index contributed by atoms with van der Waals surface area (Å²) in [7, 11) is -6.94. The maximum Gasteiger partial charge on any atom is 0.244 e. The number of aromatic nitrogens is 1. The third kappa shape index (κ3) is 2.90. The van der Waals surface area contributed by atoms with Crippen molar-refractivity contribution in [1.29, 1.82) is 0 Å². The van der Waals surface area contributed by atoms with E-state index in [1.54, 1.807) is 6.07 Å². The van der Waals surface area contributed by atoms with E-state index < -0.39 is 20.0 Å². The van der Waals surface area contributed by atoms with Crippen LogP contribution in [0.1, 0.15) is 12.8 Å². The van der Waals surface area contributed by atoms with Gasteiger partial charge in [-0.25, -0.2) is 21.1 Å². The zero-order valence-corrected chi connectivity index (χ0v) is 13.9. The number of sulfonamides is 2. The Hall–Kier alpha value is -1.03. The van der Waals surface area contributed by atoms with Crippen molar-refractivity contribution >= 4 is 20.0 Å². The molecular weight excluding hydrogens is 326 g/mol. The molecule has 3 saturated heterocycles. The summed E-state index contributed by atoms with van der Waals surface area (Å²) in [6.45, 7) is 0.997. The van der Waals surface area contributed by atoms with E-state index in [1.165, 1.54) is 33.3 Å². The number of hydrogen-bond acceptors (Lipinski definition) is 5. The zero-order valence-electron chi connectivity index (χ0n) is 12.3. The molecule has 0 spiro atoms. The summed E-state index contributed by atoms with van der Waals surface area (Å²) in [4.78, 5) is 4.03. The molecule has 0 unspecified atom stereocenters. The number of rotatable bonds is 3. The highest BCUT2D eigenvalue weighted by atomic mass is 32.2. The van der Waals surface area contributed by atoms with Crippen molar-refractivity contribution in [2.24, 2.45) is 5.92 Å². The number of fused-ring (bicyclic) bond motifs is 4. The molecule has 7 nitrogen and oxygen atoms in total. The van der Waals surface area contributed by atoms with E-state index in [4.69, 9.17) is 0 Å². The van der Waals surface area contributed by atoms with Gasteiger partial charge in [0.15, 0.2) is 0 Å². The molecule has 0 aliphatic carbocycles. The lowest BCUT2D eigenvalue weighted by atomic mass is 9.97. The summed E-state index contributed by atoms with van der Waals surface area (Å²) in [5.74, 6) is 0.0416. The van der Waals surface area contributed by atoms with Crippen molar-refractivity contribution in [3.8, 4) is 0 Å². The minimum absolute atomic E-state index is 0.0416. The van der Waals surface area contributed by atoms with Gasteiger partial charge in [-0.2, -0.15) is 4.31 Å². The van der Waals surface area contributed by atoms with Gasteiger partial charge in [0.1, 0.15) is 4.90 Å². The Labute approximate surface area is 131 Å². The number of nitrogens with zero attached hydrogens (tertiary/aromatic N) is 3. The van der Waals surface area contributed by atoms with Crippen LogP contribution in [0.3, 0.4) is 0 Å². The zero-order chi connectivity index (χ0) is 16.0. The molecule has 1 aromatic heterocycles. The highest BCUT2D eigenvalue weighted by Crippen LogP contribution is 2.32. The van der Waals surface area contributed by atoms with Crippen LogP contribution in [0.4, 0.5) is 0 Å². The second-order valence-electron chi connectivity index (χ2n) is 5.94. The fourth-order valence-electron chi connectivity index (χ4n) is 3.20. The Bertz CT molecular complexity index is 749. The van der Waals surface area contributed by atoms with E-state index in [1.807, 2.05) is 0 Å². The van der Waals surface area contributed by atoms with E-state index in [0.29, 0.717) is 19.5 Å². The van der Waals surface area contributed by atoms with Gasteiger partial charge in [-0.3, -0.25) is 4.98 Å². The number of pyridine rings is 1. The first-order valence-corrected chi connectivity index (χ1v) is 10.4. The van der Waals surface area contributed by atoms with Gasteiger partial charge in [0.05, 0.1) is 6.26 Å². The molecule has 0 N–H and O–H groups in total. The molecule has 0 saturated carbocycles. The Morgan fingerprint density at radius 3 is 2.55 bits per heavy atom. The van der Waals surface area contributed by atoms with Gasteiger partial charge in [-0.15, -0.1) is 0 Å². The molecule has 0 aromatic carbocycles. The van der Waals surface area contributed by atoms with Gasteiger partial charge < -0.3 is 0 Å². The molecule has 1 aromatic rings. The van der Waals surface area contributed by atoms with Crippen LogP contribution in [-0.2, 0) is 20.0 Å². The molecule has 3 fully saturated rings. The molecule has 2 atom stereocenters. The largest absolute Gasteiger partial charge is 0.263 e. The molecule has 0 radical (unpaired) electrons. The normalized spacial score (nSPS) is 27.7. The number of hydrogen-bond donors (Lipinski definition) is 0. The van der Waals surface area contributed by atoms with Crippen LogP contribution in [0, 0.1) is 5.92 Å². The predicted molar refractivity (Wildman–Crippen MR) is 81.1 cm³/mol. The van der Waals surface area contributed by atoms with Crippen molar-refractivity contribution in [3.05, 3.63) is 24.5 Å². The molecule has 4 rings (SSSR count). The minimum atomic E-state index is -3.64. The molecule has 122 valence electrons. The van der Waals surface area contributed by atoms with Gasteiger partial charge in [0.2, 0.25) is 20.0 Å². The van der Waals surface area contributed by atoms with E-state index in [0.717, 1.165) is 6.42 Å². The Balaban J connectivity index is 1.94. The average molecular weight is 345 g/mol. The van der Waals surface area contributed by atoms with Gasteiger partial charge in [0.25, 0.3) is 0 Å². The molecule has 3 aliphatic rings. The van der Waals surface area contributed by atoms with E-state index >= 15 is 0 Å². The fraction of sp³-hybridized carbons (Fsp3) is 0.615. The van der Waals surface area contributed by atoms with Gasteiger partial charge in [-0.05, 0) is 30.9 Å². The summed E-state index contributed by atoms with van der Waals surface area (Å²) < 4.78 is 52.1. The van der Waals surface area contributed by atoms with Crippen LogP contribution in [0.25, 0.3) is 0 Å². The quantitative estimate of drug-likeness (QED) is 0.777. The van der Waals surface area contributed by atoms with Crippen LogP contribution < -0.4 is 0 Å². The van der Waals surface area contributed by atoms with Crippen LogP contribution in [0.2, 0.25) is 0 Å². The Kier molecular flexibility index (Phi) is 4.00. The summed E-state index contributed by atoms with van der Waals surface area (Å²) in [5.41, 5.74) is 0. The first-order valence-electron chi connectivity index (χ1n) is 7.15. The summed E-state index contributed by atoms with van der Waals surface area (Å²) in [6.07, 6.45) is 5.59. The summed E-state index contributed by atoms with van der Waals surface area (Å²) in [5, 5.41) is 0. The van der Waals surface area contributed by atoms with Crippen LogP contribution in [0.5, 0.6) is 0 Å². The fourth-order valence-corrected chi connectivity index (χ4v) is 5.81. The van der Waals surface area contributed by atoms with Crippen LogP contribution in [0.15, 0.2) is 29.4 Å². The second kappa shape index (κ2) is 5.55. The smallest absolute Gasteiger partial charge is 0.244 e. The van der Waals surface area contributed by atoms with Gasteiger partial charge in [-0.1, -0.05) is 0 Å². The van der Waals surface area contributed by atoms with Crippen LogP contribution >= 0.6 is 0 Å². The third-order valence-corrected chi connectivity index (χ3v) is 7.48. The lowest BCUT2D eigenvalue weighted by molar-refractivity contribution is 0.230. The Morgan fingerprint density at radius 2 is 1.91 bits per heavy atom. The minimum Gasteiger partial charge on any atom is -0.263 e. The van der Waals surface area contributed by atoms with E-state index in [9.17, 15) is 16.8 Å². The highest BCUT2D eigenvalue weighted by molar-refractivity contribution is 7.89. The van der Waals surface area contributed by atoms with Crippen LogP contribution in [-0.4, -0.2) is 62.4 Å². The molecule has 2 bridgehead atoms. The first kappa shape index (κ1) is 15.9. The van der Waals surface area contributed by atoms with Crippen molar-refractivity contribution in [3.63, 3.8) is 0 Å². The maximum absolute atomic E-state index is 12.8. The molecular formula is C13H19N3O4S2. The first-order chi connectivity index (χ1) is 10.3. The topological polar surface area (TPSA) is 87.7 Å².